The average molecular weight is 179 g/mol. The van der Waals surface area contributed by atoms with E-state index in [9.17, 15) is 4.39 Å². The molecule has 68 valence electrons. The van der Waals surface area contributed by atoms with Gasteiger partial charge in [0.05, 0.1) is 11.7 Å². The summed E-state index contributed by atoms with van der Waals surface area (Å²) in [5, 5.41) is 8.66. The minimum atomic E-state index is -0.423. The Balaban J connectivity index is 3.01. The second kappa shape index (κ2) is 3.90. The molecule has 0 aliphatic carbocycles. The molecule has 0 fully saturated rings. The van der Waals surface area contributed by atoms with E-state index < -0.39 is 5.82 Å². The number of hydrogen-bond donors (Lipinski definition) is 0. The molecule has 0 unspecified atom stereocenters. The largest absolute Gasteiger partial charge is 0.490 e. The molecule has 0 spiro atoms. The van der Waals surface area contributed by atoms with Gasteiger partial charge < -0.3 is 4.74 Å². The molecule has 0 aliphatic rings. The minimum absolute atomic E-state index is 0.0161. The monoisotopic (exact) mass is 179 g/mol. The van der Waals surface area contributed by atoms with Gasteiger partial charge in [-0.25, -0.2) is 4.39 Å². The topological polar surface area (TPSA) is 33.0 Å². The van der Waals surface area contributed by atoms with Gasteiger partial charge in [-0.05, 0) is 32.0 Å². The van der Waals surface area contributed by atoms with Crippen molar-refractivity contribution in [1.29, 1.82) is 5.26 Å². The van der Waals surface area contributed by atoms with Crippen LogP contribution in [-0.2, 0) is 0 Å². The van der Waals surface area contributed by atoms with Gasteiger partial charge in [0.1, 0.15) is 17.6 Å². The van der Waals surface area contributed by atoms with E-state index in [0.717, 1.165) is 6.07 Å². The predicted octanol–water partition coefficient (Wildman–Crippen LogP) is 2.48. The molecule has 1 rings (SSSR count). The van der Waals surface area contributed by atoms with Gasteiger partial charge in [0.15, 0.2) is 0 Å². The molecule has 2 nitrogen and oxygen atoms in total. The number of halogens is 1. The summed E-state index contributed by atoms with van der Waals surface area (Å²) in [4.78, 5) is 0. The molecule has 13 heavy (non-hydrogen) atoms. The van der Waals surface area contributed by atoms with E-state index in [2.05, 4.69) is 0 Å². The summed E-state index contributed by atoms with van der Waals surface area (Å²) in [6.07, 6.45) is -0.0161. The maximum Gasteiger partial charge on any atom is 0.137 e. The van der Waals surface area contributed by atoms with Crippen molar-refractivity contribution >= 4 is 0 Å². The van der Waals surface area contributed by atoms with Gasteiger partial charge >= 0.3 is 0 Å². The molecule has 0 amide bonds. The van der Waals surface area contributed by atoms with E-state index in [1.165, 1.54) is 12.1 Å². The van der Waals surface area contributed by atoms with Crippen LogP contribution in [0.1, 0.15) is 19.4 Å². The first-order chi connectivity index (χ1) is 6.13. The van der Waals surface area contributed by atoms with E-state index in [0.29, 0.717) is 5.75 Å². The summed E-state index contributed by atoms with van der Waals surface area (Å²) >= 11 is 0. The number of benzene rings is 1. The van der Waals surface area contributed by atoms with Crippen LogP contribution in [0.25, 0.3) is 0 Å². The Bertz CT molecular complexity index is 341. The van der Waals surface area contributed by atoms with Crippen molar-refractivity contribution in [1.82, 2.24) is 0 Å². The molecule has 0 saturated carbocycles. The quantitative estimate of drug-likeness (QED) is 0.698. The second-order valence-corrected chi connectivity index (χ2v) is 2.92. The first-order valence-electron chi connectivity index (χ1n) is 4.00. The van der Waals surface area contributed by atoms with Crippen molar-refractivity contribution in [2.45, 2.75) is 20.0 Å². The summed E-state index contributed by atoms with van der Waals surface area (Å²) in [6.45, 7) is 3.70. The molecule has 3 heteroatoms. The van der Waals surface area contributed by atoms with Crippen LogP contribution in [0.15, 0.2) is 18.2 Å². The Hall–Kier alpha value is -1.56. The molecule has 0 radical (unpaired) electrons. The van der Waals surface area contributed by atoms with Crippen molar-refractivity contribution in [2.24, 2.45) is 0 Å². The summed E-state index contributed by atoms with van der Waals surface area (Å²) in [6, 6.07) is 5.78. The normalized spacial score (nSPS) is 9.77. The van der Waals surface area contributed by atoms with Crippen molar-refractivity contribution in [3.05, 3.63) is 29.6 Å². The molecule has 1 aromatic carbocycles. The van der Waals surface area contributed by atoms with Crippen LogP contribution in [0, 0.1) is 17.1 Å². The SMILES string of the molecule is CC(C)Oc1ccc(F)cc1C#N. The molecular formula is C10H10FNO. The predicted molar refractivity (Wildman–Crippen MR) is 46.9 cm³/mol. The smallest absolute Gasteiger partial charge is 0.137 e. The lowest BCUT2D eigenvalue weighted by Gasteiger charge is -2.10. The van der Waals surface area contributed by atoms with Crippen molar-refractivity contribution in [2.75, 3.05) is 0 Å². The highest BCUT2D eigenvalue weighted by atomic mass is 19.1. The minimum Gasteiger partial charge on any atom is -0.490 e. The maximum atomic E-state index is 12.7. The molecular weight excluding hydrogens is 169 g/mol. The first kappa shape index (κ1) is 9.53. The Kier molecular flexibility index (Phi) is 2.86. The summed E-state index contributed by atoms with van der Waals surface area (Å²) in [7, 11) is 0. The van der Waals surface area contributed by atoms with Gasteiger partial charge in [-0.2, -0.15) is 5.26 Å². The van der Waals surface area contributed by atoms with Crippen molar-refractivity contribution in [3.63, 3.8) is 0 Å². The number of rotatable bonds is 2. The van der Waals surface area contributed by atoms with Crippen LogP contribution in [0.5, 0.6) is 5.75 Å². The van der Waals surface area contributed by atoms with Gasteiger partial charge in [0.2, 0.25) is 0 Å². The van der Waals surface area contributed by atoms with Gasteiger partial charge in [0, 0.05) is 0 Å². The zero-order chi connectivity index (χ0) is 9.84. The zero-order valence-corrected chi connectivity index (χ0v) is 7.54. The number of nitriles is 1. The summed E-state index contributed by atoms with van der Waals surface area (Å²) < 4.78 is 18.0. The van der Waals surface area contributed by atoms with E-state index >= 15 is 0 Å². The molecule has 0 atom stereocenters. The maximum absolute atomic E-state index is 12.7. The molecule has 0 N–H and O–H groups in total. The Morgan fingerprint density at radius 3 is 2.69 bits per heavy atom. The number of nitrogens with zero attached hydrogens (tertiary/aromatic N) is 1. The third kappa shape index (κ3) is 2.45. The fraction of sp³-hybridized carbons (Fsp3) is 0.300. The van der Waals surface area contributed by atoms with Crippen molar-refractivity contribution in [3.8, 4) is 11.8 Å². The van der Waals surface area contributed by atoms with Crippen LogP contribution in [-0.4, -0.2) is 6.10 Å². The van der Waals surface area contributed by atoms with Gasteiger partial charge in [-0.3, -0.25) is 0 Å². The Morgan fingerprint density at radius 1 is 1.46 bits per heavy atom. The lowest BCUT2D eigenvalue weighted by molar-refractivity contribution is 0.241. The van der Waals surface area contributed by atoms with Crippen LogP contribution >= 0.6 is 0 Å². The molecule has 0 aliphatic heterocycles. The van der Waals surface area contributed by atoms with Crippen LogP contribution in [0.3, 0.4) is 0 Å². The summed E-state index contributed by atoms with van der Waals surface area (Å²) in [5.74, 6) is 0.00607. The van der Waals surface area contributed by atoms with E-state index in [4.69, 9.17) is 10.00 Å². The standard InChI is InChI=1S/C10H10FNO/c1-7(2)13-10-4-3-9(11)5-8(10)6-12/h3-5,7H,1-2H3. The zero-order valence-electron chi connectivity index (χ0n) is 7.54. The Morgan fingerprint density at radius 2 is 2.15 bits per heavy atom. The van der Waals surface area contributed by atoms with E-state index in [1.807, 2.05) is 19.9 Å². The van der Waals surface area contributed by atoms with Crippen LogP contribution in [0.4, 0.5) is 4.39 Å². The third-order valence-corrected chi connectivity index (χ3v) is 1.42. The fourth-order valence-electron chi connectivity index (χ4n) is 0.946. The number of ether oxygens (including phenoxy) is 1. The lowest BCUT2D eigenvalue weighted by atomic mass is 10.2. The van der Waals surface area contributed by atoms with Gasteiger partial charge in [0.25, 0.3) is 0 Å². The molecule has 1 aromatic rings. The average Bonchev–Trinajstić information content (AvgIpc) is 2.07. The molecule has 0 aromatic heterocycles. The molecule has 0 heterocycles. The first-order valence-corrected chi connectivity index (χ1v) is 4.00. The summed E-state index contributed by atoms with van der Waals surface area (Å²) in [5.41, 5.74) is 0.230. The van der Waals surface area contributed by atoms with E-state index in [-0.39, 0.29) is 11.7 Å². The lowest BCUT2D eigenvalue weighted by Crippen LogP contribution is -2.06. The third-order valence-electron chi connectivity index (χ3n) is 1.42. The number of hydrogen-bond acceptors (Lipinski definition) is 2. The van der Waals surface area contributed by atoms with Gasteiger partial charge in [-0.15, -0.1) is 0 Å². The molecule has 0 saturated heterocycles. The van der Waals surface area contributed by atoms with Gasteiger partial charge in [-0.1, -0.05) is 0 Å². The molecule has 0 bridgehead atoms. The Labute approximate surface area is 76.6 Å². The van der Waals surface area contributed by atoms with Crippen molar-refractivity contribution < 1.29 is 9.13 Å². The van der Waals surface area contributed by atoms with Crippen LogP contribution in [0.2, 0.25) is 0 Å². The fourth-order valence-corrected chi connectivity index (χ4v) is 0.946. The second-order valence-electron chi connectivity index (χ2n) is 2.92. The highest BCUT2D eigenvalue weighted by Crippen LogP contribution is 2.19. The highest BCUT2D eigenvalue weighted by molar-refractivity contribution is 5.43. The van der Waals surface area contributed by atoms with Crippen LogP contribution < -0.4 is 4.74 Å². The van der Waals surface area contributed by atoms with E-state index in [1.54, 1.807) is 0 Å². The highest BCUT2D eigenvalue weighted by Gasteiger charge is 2.05.